The first-order chi connectivity index (χ1) is 6.18. The van der Waals surface area contributed by atoms with E-state index in [-0.39, 0.29) is 6.42 Å². The normalized spacial score (nSPS) is 9.62. The number of nitrogens with zero attached hydrogens (tertiary/aromatic N) is 2. The lowest BCUT2D eigenvalue weighted by molar-refractivity contribution is -0.136. The molecule has 70 valence electrons. The van der Waals surface area contributed by atoms with E-state index in [4.69, 9.17) is 5.11 Å². The van der Waals surface area contributed by atoms with Gasteiger partial charge in [0.2, 0.25) is 5.95 Å². The maximum Gasteiger partial charge on any atom is 0.305 e. The molecule has 0 aliphatic rings. The third kappa shape index (κ3) is 3.50. The van der Waals surface area contributed by atoms with Crippen LogP contribution in [0.4, 0.5) is 5.95 Å². The Bertz CT molecular complexity index is 301. The lowest BCUT2D eigenvalue weighted by Crippen LogP contribution is -2.09. The molecule has 1 heterocycles. The molecule has 0 radical (unpaired) electrons. The number of aromatic nitrogens is 2. The number of hydrogen-bond acceptors (Lipinski definition) is 4. The molecule has 0 amide bonds. The Kier molecular flexibility index (Phi) is 3.19. The van der Waals surface area contributed by atoms with Crippen LogP contribution < -0.4 is 5.32 Å². The van der Waals surface area contributed by atoms with E-state index in [0.717, 1.165) is 5.69 Å². The first kappa shape index (κ1) is 9.44. The highest BCUT2D eigenvalue weighted by Crippen LogP contribution is 1.98. The van der Waals surface area contributed by atoms with Crippen molar-refractivity contribution in [2.24, 2.45) is 0 Å². The van der Waals surface area contributed by atoms with Crippen LogP contribution in [-0.4, -0.2) is 27.6 Å². The molecular weight excluding hydrogens is 170 g/mol. The van der Waals surface area contributed by atoms with Crippen LogP contribution in [0.15, 0.2) is 12.3 Å². The van der Waals surface area contributed by atoms with Crippen LogP contribution in [-0.2, 0) is 4.79 Å². The number of aliphatic carboxylic acids is 1. The average molecular weight is 181 g/mol. The molecule has 0 atom stereocenters. The summed E-state index contributed by atoms with van der Waals surface area (Å²) in [5.41, 5.74) is 0.854. The molecule has 0 saturated heterocycles. The molecule has 0 saturated carbocycles. The standard InChI is InChI=1S/C8H11N3O2/c1-6-2-4-9-8(11-6)10-5-3-7(12)13/h2,4H,3,5H2,1H3,(H,12,13)(H,9,10,11). The highest BCUT2D eigenvalue weighted by molar-refractivity contribution is 5.67. The number of nitrogens with one attached hydrogen (secondary N) is 1. The average Bonchev–Trinajstić information content (AvgIpc) is 2.03. The van der Waals surface area contributed by atoms with Crippen LogP contribution in [0.25, 0.3) is 0 Å². The van der Waals surface area contributed by atoms with Crippen molar-refractivity contribution in [3.8, 4) is 0 Å². The van der Waals surface area contributed by atoms with E-state index in [1.165, 1.54) is 0 Å². The van der Waals surface area contributed by atoms with E-state index in [1.807, 2.05) is 6.92 Å². The fourth-order valence-electron chi connectivity index (χ4n) is 0.815. The molecule has 0 aliphatic heterocycles. The Labute approximate surface area is 75.8 Å². The van der Waals surface area contributed by atoms with Gasteiger partial charge in [-0.15, -0.1) is 0 Å². The van der Waals surface area contributed by atoms with Crippen molar-refractivity contribution >= 4 is 11.9 Å². The van der Waals surface area contributed by atoms with Gasteiger partial charge in [0.15, 0.2) is 0 Å². The van der Waals surface area contributed by atoms with Crippen LogP contribution in [0.3, 0.4) is 0 Å². The molecule has 1 aromatic heterocycles. The van der Waals surface area contributed by atoms with Crippen molar-refractivity contribution in [3.05, 3.63) is 18.0 Å². The van der Waals surface area contributed by atoms with Crippen LogP contribution in [0, 0.1) is 6.92 Å². The molecule has 0 aromatic carbocycles. The Hall–Kier alpha value is -1.65. The van der Waals surface area contributed by atoms with Gasteiger partial charge in [0.1, 0.15) is 0 Å². The van der Waals surface area contributed by atoms with Crippen molar-refractivity contribution in [2.75, 3.05) is 11.9 Å². The fourth-order valence-corrected chi connectivity index (χ4v) is 0.815. The van der Waals surface area contributed by atoms with E-state index < -0.39 is 5.97 Å². The largest absolute Gasteiger partial charge is 0.481 e. The molecule has 5 nitrogen and oxygen atoms in total. The number of aryl methyl sites for hydroxylation is 1. The quantitative estimate of drug-likeness (QED) is 0.714. The highest BCUT2D eigenvalue weighted by Gasteiger charge is 1.98. The van der Waals surface area contributed by atoms with Gasteiger partial charge in [-0.05, 0) is 13.0 Å². The molecule has 0 aliphatic carbocycles. The topological polar surface area (TPSA) is 75.1 Å². The predicted molar refractivity (Wildman–Crippen MR) is 47.5 cm³/mol. The molecular formula is C8H11N3O2. The fraction of sp³-hybridized carbons (Fsp3) is 0.375. The Morgan fingerprint density at radius 2 is 2.46 bits per heavy atom. The SMILES string of the molecule is Cc1ccnc(NCCC(=O)O)n1. The van der Waals surface area contributed by atoms with Gasteiger partial charge in [0.25, 0.3) is 0 Å². The summed E-state index contributed by atoms with van der Waals surface area (Å²) in [6.07, 6.45) is 1.70. The van der Waals surface area contributed by atoms with Crippen LogP contribution in [0.2, 0.25) is 0 Å². The monoisotopic (exact) mass is 181 g/mol. The molecule has 1 aromatic rings. The molecule has 0 spiro atoms. The number of carboxylic acids is 1. The molecule has 2 N–H and O–H groups in total. The number of carbonyl (C=O) groups is 1. The molecule has 0 fully saturated rings. The maximum absolute atomic E-state index is 10.2. The summed E-state index contributed by atoms with van der Waals surface area (Å²) in [7, 11) is 0. The molecule has 5 heteroatoms. The second-order valence-corrected chi connectivity index (χ2v) is 2.59. The summed E-state index contributed by atoms with van der Waals surface area (Å²) in [6.45, 7) is 2.20. The molecule has 13 heavy (non-hydrogen) atoms. The Morgan fingerprint density at radius 1 is 1.69 bits per heavy atom. The van der Waals surface area contributed by atoms with Crippen molar-refractivity contribution in [1.29, 1.82) is 0 Å². The number of anilines is 1. The van der Waals surface area contributed by atoms with Gasteiger partial charge in [0.05, 0.1) is 6.42 Å². The van der Waals surface area contributed by atoms with Gasteiger partial charge >= 0.3 is 5.97 Å². The summed E-state index contributed by atoms with van der Waals surface area (Å²) in [5, 5.41) is 11.2. The zero-order chi connectivity index (χ0) is 9.68. The minimum Gasteiger partial charge on any atom is -0.481 e. The van der Waals surface area contributed by atoms with E-state index >= 15 is 0 Å². The second-order valence-electron chi connectivity index (χ2n) is 2.59. The van der Waals surface area contributed by atoms with Gasteiger partial charge in [0, 0.05) is 18.4 Å². The Morgan fingerprint density at radius 3 is 3.08 bits per heavy atom. The van der Waals surface area contributed by atoms with Gasteiger partial charge in [-0.2, -0.15) is 0 Å². The van der Waals surface area contributed by atoms with Gasteiger partial charge < -0.3 is 10.4 Å². The van der Waals surface area contributed by atoms with Crippen molar-refractivity contribution in [2.45, 2.75) is 13.3 Å². The molecule has 0 unspecified atom stereocenters. The minimum absolute atomic E-state index is 0.0668. The van der Waals surface area contributed by atoms with Crippen LogP contribution >= 0.6 is 0 Å². The summed E-state index contributed by atoms with van der Waals surface area (Å²) in [4.78, 5) is 18.2. The molecule has 1 rings (SSSR count). The summed E-state index contributed by atoms with van der Waals surface area (Å²) >= 11 is 0. The summed E-state index contributed by atoms with van der Waals surface area (Å²) in [6, 6.07) is 1.78. The molecule has 0 bridgehead atoms. The van der Waals surface area contributed by atoms with Crippen molar-refractivity contribution < 1.29 is 9.90 Å². The number of carboxylic acid groups (broad SMARTS) is 1. The zero-order valence-electron chi connectivity index (χ0n) is 7.32. The lowest BCUT2D eigenvalue weighted by Gasteiger charge is -2.01. The van der Waals surface area contributed by atoms with Gasteiger partial charge in [-0.3, -0.25) is 4.79 Å². The predicted octanol–water partition coefficient (Wildman–Crippen LogP) is 0.672. The third-order valence-corrected chi connectivity index (χ3v) is 1.42. The van der Waals surface area contributed by atoms with Crippen LogP contribution in [0.5, 0.6) is 0 Å². The lowest BCUT2D eigenvalue weighted by atomic mass is 10.4. The van der Waals surface area contributed by atoms with E-state index in [9.17, 15) is 4.79 Å². The van der Waals surface area contributed by atoms with E-state index in [2.05, 4.69) is 15.3 Å². The van der Waals surface area contributed by atoms with Crippen molar-refractivity contribution in [3.63, 3.8) is 0 Å². The number of hydrogen-bond donors (Lipinski definition) is 2. The van der Waals surface area contributed by atoms with E-state index in [1.54, 1.807) is 12.3 Å². The van der Waals surface area contributed by atoms with E-state index in [0.29, 0.717) is 12.5 Å². The maximum atomic E-state index is 10.2. The minimum atomic E-state index is -0.833. The Balaban J connectivity index is 2.41. The first-order valence-corrected chi connectivity index (χ1v) is 3.94. The van der Waals surface area contributed by atoms with Gasteiger partial charge in [-0.25, -0.2) is 9.97 Å². The third-order valence-electron chi connectivity index (χ3n) is 1.42. The van der Waals surface area contributed by atoms with Gasteiger partial charge in [-0.1, -0.05) is 0 Å². The first-order valence-electron chi connectivity index (χ1n) is 3.94. The van der Waals surface area contributed by atoms with Crippen LogP contribution in [0.1, 0.15) is 12.1 Å². The summed E-state index contributed by atoms with van der Waals surface area (Å²) < 4.78 is 0. The zero-order valence-corrected chi connectivity index (χ0v) is 7.32. The smallest absolute Gasteiger partial charge is 0.305 e. The van der Waals surface area contributed by atoms with Crippen molar-refractivity contribution in [1.82, 2.24) is 9.97 Å². The highest BCUT2D eigenvalue weighted by atomic mass is 16.4. The number of rotatable bonds is 4. The summed E-state index contributed by atoms with van der Waals surface area (Å²) in [5.74, 6) is -0.360. The second kappa shape index (κ2) is 4.39.